The zero-order chi connectivity index (χ0) is 18.5. The van der Waals surface area contributed by atoms with Crippen molar-refractivity contribution in [1.29, 1.82) is 0 Å². The molecule has 25 heavy (non-hydrogen) atoms. The van der Waals surface area contributed by atoms with Crippen LogP contribution >= 0.6 is 0 Å². The molecule has 0 radical (unpaired) electrons. The van der Waals surface area contributed by atoms with Gasteiger partial charge in [-0.3, -0.25) is 9.59 Å². The molecule has 1 fully saturated rings. The summed E-state index contributed by atoms with van der Waals surface area (Å²) in [5.74, 6) is -0.749. The van der Waals surface area contributed by atoms with Crippen LogP contribution in [0.15, 0.2) is 12.2 Å². The Balaban J connectivity index is 2.36. The number of amides is 1. The number of carboxylic acid groups (broad SMARTS) is 1. The van der Waals surface area contributed by atoms with Crippen molar-refractivity contribution in [3.63, 3.8) is 0 Å². The fraction of sp³-hybridized carbons (Fsp3) is 0.778. The quantitative estimate of drug-likeness (QED) is 0.384. The van der Waals surface area contributed by atoms with E-state index in [2.05, 4.69) is 0 Å². The number of hydrogen-bond acceptors (Lipinski definition) is 5. The Kier molecular flexibility index (Phi) is 11.1. The van der Waals surface area contributed by atoms with E-state index >= 15 is 0 Å². The summed E-state index contributed by atoms with van der Waals surface area (Å²) in [5.41, 5.74) is 0. The minimum atomic E-state index is -0.875. The minimum absolute atomic E-state index is 0.00499. The molecule has 0 aromatic rings. The van der Waals surface area contributed by atoms with Crippen molar-refractivity contribution >= 4 is 11.9 Å². The van der Waals surface area contributed by atoms with E-state index in [9.17, 15) is 14.7 Å². The lowest BCUT2D eigenvalue weighted by molar-refractivity contribution is -0.138. The maximum Gasteiger partial charge on any atom is 0.305 e. The summed E-state index contributed by atoms with van der Waals surface area (Å²) in [6.07, 6.45) is 7.60. The highest BCUT2D eigenvalue weighted by molar-refractivity contribution is 5.77. The molecule has 1 rings (SSSR count). The normalized spacial score (nSPS) is 19.5. The number of piperidine rings is 1. The number of methoxy groups -OCH3 is 1. The molecule has 7 heteroatoms. The summed E-state index contributed by atoms with van der Waals surface area (Å²) in [4.78, 5) is 24.4. The van der Waals surface area contributed by atoms with Gasteiger partial charge < -0.3 is 24.6 Å². The van der Waals surface area contributed by atoms with Crippen molar-refractivity contribution in [3.8, 4) is 0 Å². The van der Waals surface area contributed by atoms with E-state index in [1.54, 1.807) is 13.2 Å². The molecule has 2 N–H and O–H groups in total. The van der Waals surface area contributed by atoms with E-state index in [0.29, 0.717) is 39.0 Å². The molecule has 144 valence electrons. The molecule has 1 heterocycles. The number of likely N-dealkylation sites (tertiary alicyclic amines) is 1. The van der Waals surface area contributed by atoms with Crippen LogP contribution in [-0.4, -0.2) is 72.6 Å². The number of nitrogens with zero attached hydrogens (tertiary/aromatic N) is 1. The average molecular weight is 357 g/mol. The molecule has 0 spiro atoms. The largest absolute Gasteiger partial charge is 0.481 e. The van der Waals surface area contributed by atoms with Gasteiger partial charge in [0.1, 0.15) is 0 Å². The highest BCUT2D eigenvalue weighted by atomic mass is 16.5. The molecule has 1 amide bonds. The maximum absolute atomic E-state index is 12.2. The number of carbonyl (C=O) groups excluding carboxylic acids is 1. The van der Waals surface area contributed by atoms with E-state index in [-0.39, 0.29) is 25.0 Å². The van der Waals surface area contributed by atoms with Gasteiger partial charge in [0.25, 0.3) is 0 Å². The summed E-state index contributed by atoms with van der Waals surface area (Å²) < 4.78 is 10.2. The lowest BCUT2D eigenvalue weighted by atomic mass is 10.00. The first-order valence-corrected chi connectivity index (χ1v) is 8.99. The molecule has 0 bridgehead atoms. The number of rotatable bonds is 13. The maximum atomic E-state index is 12.2. The molecule has 1 aliphatic heterocycles. The third-order valence-electron chi connectivity index (χ3n) is 4.16. The number of aliphatic carboxylic acids is 1. The van der Waals surface area contributed by atoms with Crippen LogP contribution in [-0.2, 0) is 19.1 Å². The van der Waals surface area contributed by atoms with Gasteiger partial charge in [-0.1, -0.05) is 12.2 Å². The van der Waals surface area contributed by atoms with Crippen LogP contribution in [0.3, 0.4) is 0 Å². The van der Waals surface area contributed by atoms with Gasteiger partial charge in [-0.15, -0.1) is 0 Å². The number of hydrogen-bond donors (Lipinski definition) is 2. The van der Waals surface area contributed by atoms with Crippen LogP contribution in [0.1, 0.15) is 44.9 Å². The summed E-state index contributed by atoms with van der Waals surface area (Å²) in [7, 11) is 1.64. The van der Waals surface area contributed by atoms with Crippen molar-refractivity contribution < 1.29 is 29.3 Å². The van der Waals surface area contributed by atoms with E-state index in [1.165, 1.54) is 0 Å². The molecule has 7 nitrogen and oxygen atoms in total. The Morgan fingerprint density at radius 2 is 2.16 bits per heavy atom. The minimum Gasteiger partial charge on any atom is -0.481 e. The molecule has 1 saturated heterocycles. The summed E-state index contributed by atoms with van der Waals surface area (Å²) in [6, 6.07) is 0.0114. The van der Waals surface area contributed by atoms with Crippen LogP contribution < -0.4 is 0 Å². The van der Waals surface area contributed by atoms with Crippen molar-refractivity contribution in [3.05, 3.63) is 12.2 Å². The van der Waals surface area contributed by atoms with Crippen molar-refractivity contribution in [2.75, 3.05) is 33.5 Å². The molecule has 0 saturated carbocycles. The van der Waals surface area contributed by atoms with Gasteiger partial charge in [-0.2, -0.15) is 0 Å². The van der Waals surface area contributed by atoms with Crippen LogP contribution in [0.4, 0.5) is 0 Å². The smallest absolute Gasteiger partial charge is 0.305 e. The number of aliphatic hydroxyl groups is 1. The van der Waals surface area contributed by atoms with Gasteiger partial charge in [0.05, 0.1) is 25.2 Å². The second-order valence-electron chi connectivity index (χ2n) is 6.24. The number of aliphatic hydroxyl groups excluding tert-OH is 1. The van der Waals surface area contributed by atoms with Gasteiger partial charge in [-0.25, -0.2) is 0 Å². The first-order chi connectivity index (χ1) is 12.0. The van der Waals surface area contributed by atoms with Crippen LogP contribution in [0.5, 0.6) is 0 Å². The Labute approximate surface area is 149 Å². The molecule has 1 aliphatic rings. The molecule has 2 atom stereocenters. The Bertz CT molecular complexity index is 426. The molecular formula is C18H31NO6. The van der Waals surface area contributed by atoms with Gasteiger partial charge in [0.2, 0.25) is 5.91 Å². The summed E-state index contributed by atoms with van der Waals surface area (Å²) in [5, 5.41) is 18.5. The number of carboxylic acids is 1. The monoisotopic (exact) mass is 357 g/mol. The zero-order valence-electron chi connectivity index (χ0n) is 15.1. The van der Waals surface area contributed by atoms with E-state index in [0.717, 1.165) is 19.3 Å². The Morgan fingerprint density at radius 3 is 2.88 bits per heavy atom. The van der Waals surface area contributed by atoms with Crippen LogP contribution in [0.25, 0.3) is 0 Å². The molecule has 0 aliphatic carbocycles. The standard InChI is InChI=1S/C18H31NO6/c1-24-12-3-6-16(20)9-8-15-5-2-7-17(21)19(15)11-4-13-25-14-10-18(22)23/h8-9,15-16,20H,2-7,10-14H2,1H3,(H,22,23)/t15-,16?/m1/s1. The van der Waals surface area contributed by atoms with E-state index < -0.39 is 12.1 Å². The Morgan fingerprint density at radius 1 is 1.36 bits per heavy atom. The fourth-order valence-electron chi connectivity index (χ4n) is 2.83. The van der Waals surface area contributed by atoms with Gasteiger partial charge >= 0.3 is 5.97 Å². The third-order valence-corrected chi connectivity index (χ3v) is 4.16. The van der Waals surface area contributed by atoms with Gasteiger partial charge in [0.15, 0.2) is 0 Å². The van der Waals surface area contributed by atoms with Crippen molar-refractivity contribution in [2.45, 2.75) is 57.1 Å². The topological polar surface area (TPSA) is 96.3 Å². The second-order valence-corrected chi connectivity index (χ2v) is 6.24. The number of ether oxygens (including phenoxy) is 2. The highest BCUT2D eigenvalue weighted by Crippen LogP contribution is 2.20. The molecule has 0 aromatic heterocycles. The highest BCUT2D eigenvalue weighted by Gasteiger charge is 2.25. The summed E-state index contributed by atoms with van der Waals surface area (Å²) >= 11 is 0. The molecule has 1 unspecified atom stereocenters. The number of carbonyl (C=O) groups is 2. The van der Waals surface area contributed by atoms with E-state index in [1.807, 2.05) is 11.0 Å². The first-order valence-electron chi connectivity index (χ1n) is 8.99. The SMILES string of the molecule is COCCCC(O)C=C[C@H]1CCCC(=O)N1CCCOCCC(=O)O. The molecular weight excluding hydrogens is 326 g/mol. The second kappa shape index (κ2) is 12.9. The van der Waals surface area contributed by atoms with Gasteiger partial charge in [0, 0.05) is 33.3 Å². The lowest BCUT2D eigenvalue weighted by Crippen LogP contribution is -2.43. The fourth-order valence-corrected chi connectivity index (χ4v) is 2.83. The zero-order valence-corrected chi connectivity index (χ0v) is 15.1. The van der Waals surface area contributed by atoms with Crippen molar-refractivity contribution in [1.82, 2.24) is 4.90 Å². The van der Waals surface area contributed by atoms with Crippen LogP contribution in [0.2, 0.25) is 0 Å². The Hall–Kier alpha value is -1.44. The predicted octanol–water partition coefficient (Wildman–Crippen LogP) is 1.59. The van der Waals surface area contributed by atoms with Crippen molar-refractivity contribution in [2.24, 2.45) is 0 Å². The van der Waals surface area contributed by atoms with Crippen LogP contribution in [0, 0.1) is 0 Å². The average Bonchev–Trinajstić information content (AvgIpc) is 2.57. The third kappa shape index (κ3) is 9.57. The first kappa shape index (κ1) is 21.6. The lowest BCUT2D eigenvalue weighted by Gasteiger charge is -2.34. The van der Waals surface area contributed by atoms with Gasteiger partial charge in [-0.05, 0) is 32.1 Å². The summed E-state index contributed by atoms with van der Waals surface area (Å²) in [6.45, 7) is 1.84. The molecule has 0 aromatic carbocycles. The van der Waals surface area contributed by atoms with E-state index in [4.69, 9.17) is 14.6 Å². The predicted molar refractivity (Wildman–Crippen MR) is 93.3 cm³/mol.